The van der Waals surface area contributed by atoms with E-state index in [1.165, 1.54) is 22.2 Å². The quantitative estimate of drug-likeness (QED) is 0.691. The molecule has 1 unspecified atom stereocenters. The van der Waals surface area contributed by atoms with Crippen molar-refractivity contribution >= 4 is 22.4 Å². The molecule has 3 rings (SSSR count). The summed E-state index contributed by atoms with van der Waals surface area (Å²) in [4.78, 5) is 16.6. The summed E-state index contributed by atoms with van der Waals surface area (Å²) < 4.78 is 2.14. The minimum atomic E-state index is -0.0351. The Morgan fingerprint density at radius 2 is 2.44 bits per heavy atom. The molecule has 4 nitrogen and oxygen atoms in total. The van der Waals surface area contributed by atoms with E-state index in [1.807, 2.05) is 0 Å². The molecule has 2 heterocycles. The maximum absolute atomic E-state index is 11.9. The number of aromatic nitrogens is 3. The summed E-state index contributed by atoms with van der Waals surface area (Å²) in [7, 11) is 0. The SMILES string of the molecule is O=c1c(=CC2CC=CCC2)sc2ncnn12. The highest BCUT2D eigenvalue weighted by Crippen LogP contribution is 2.19. The summed E-state index contributed by atoms with van der Waals surface area (Å²) in [5.41, 5.74) is -0.0351. The molecule has 1 aliphatic carbocycles. The van der Waals surface area contributed by atoms with E-state index in [1.54, 1.807) is 0 Å². The van der Waals surface area contributed by atoms with E-state index in [2.05, 4.69) is 28.3 Å². The van der Waals surface area contributed by atoms with E-state index in [0.29, 0.717) is 10.9 Å². The van der Waals surface area contributed by atoms with Crippen molar-refractivity contribution in [2.75, 3.05) is 0 Å². The lowest BCUT2D eigenvalue weighted by Gasteiger charge is -2.11. The minimum absolute atomic E-state index is 0.0351. The number of nitrogens with zero attached hydrogens (tertiary/aromatic N) is 3. The molecule has 0 saturated heterocycles. The zero-order valence-electron chi connectivity index (χ0n) is 8.67. The molecule has 2 aromatic rings. The third kappa shape index (κ3) is 1.57. The lowest BCUT2D eigenvalue weighted by atomic mass is 9.94. The maximum Gasteiger partial charge on any atom is 0.290 e. The number of allylic oxidation sites excluding steroid dienone is 2. The maximum atomic E-state index is 11.9. The molecule has 1 atom stereocenters. The Bertz CT molecular complexity index is 640. The van der Waals surface area contributed by atoms with Gasteiger partial charge in [0, 0.05) is 0 Å². The van der Waals surface area contributed by atoms with E-state index in [-0.39, 0.29) is 5.56 Å². The third-order valence-corrected chi connectivity index (χ3v) is 3.81. The van der Waals surface area contributed by atoms with Crippen LogP contribution in [0.5, 0.6) is 0 Å². The van der Waals surface area contributed by atoms with Gasteiger partial charge in [-0.15, -0.1) is 0 Å². The molecular formula is C11H11N3OS. The molecule has 0 spiro atoms. The van der Waals surface area contributed by atoms with Gasteiger partial charge in [-0.05, 0) is 25.2 Å². The molecule has 16 heavy (non-hydrogen) atoms. The van der Waals surface area contributed by atoms with Crippen LogP contribution in [0.15, 0.2) is 23.3 Å². The van der Waals surface area contributed by atoms with Crippen molar-refractivity contribution < 1.29 is 0 Å². The smallest absolute Gasteiger partial charge is 0.266 e. The highest BCUT2D eigenvalue weighted by atomic mass is 32.1. The molecule has 5 heteroatoms. The molecule has 0 saturated carbocycles. The van der Waals surface area contributed by atoms with E-state index >= 15 is 0 Å². The van der Waals surface area contributed by atoms with Crippen LogP contribution in [0.4, 0.5) is 0 Å². The number of rotatable bonds is 1. The van der Waals surface area contributed by atoms with Gasteiger partial charge in [-0.2, -0.15) is 9.61 Å². The molecule has 0 aliphatic heterocycles. The van der Waals surface area contributed by atoms with Crippen molar-refractivity contribution in [2.45, 2.75) is 19.3 Å². The largest absolute Gasteiger partial charge is 0.290 e. The van der Waals surface area contributed by atoms with Crippen molar-refractivity contribution in [2.24, 2.45) is 5.92 Å². The monoisotopic (exact) mass is 233 g/mol. The molecule has 0 aromatic carbocycles. The van der Waals surface area contributed by atoms with Gasteiger partial charge in [-0.25, -0.2) is 4.98 Å². The Kier molecular flexibility index (Phi) is 2.32. The fraction of sp³-hybridized carbons (Fsp3) is 0.364. The molecule has 2 aromatic heterocycles. The van der Waals surface area contributed by atoms with Crippen LogP contribution < -0.4 is 10.1 Å². The van der Waals surface area contributed by atoms with Crippen molar-refractivity contribution in [1.82, 2.24) is 14.6 Å². The predicted octanol–water partition coefficient (Wildman–Crippen LogP) is 1.01. The summed E-state index contributed by atoms with van der Waals surface area (Å²) in [5.74, 6) is 0.487. The summed E-state index contributed by atoms with van der Waals surface area (Å²) in [6, 6.07) is 0. The predicted molar refractivity (Wildman–Crippen MR) is 63.3 cm³/mol. The second kappa shape index (κ2) is 3.83. The van der Waals surface area contributed by atoms with Gasteiger partial charge in [-0.1, -0.05) is 29.6 Å². The average molecular weight is 233 g/mol. The van der Waals surface area contributed by atoms with Crippen LogP contribution in [-0.2, 0) is 0 Å². The average Bonchev–Trinajstić information content (AvgIpc) is 2.86. The zero-order valence-corrected chi connectivity index (χ0v) is 9.48. The lowest BCUT2D eigenvalue weighted by Crippen LogP contribution is -2.24. The Morgan fingerprint density at radius 3 is 3.19 bits per heavy atom. The van der Waals surface area contributed by atoms with E-state index in [0.717, 1.165) is 23.8 Å². The molecule has 0 bridgehead atoms. The zero-order chi connectivity index (χ0) is 11.0. The number of hydrogen-bond donors (Lipinski definition) is 0. The Balaban J connectivity index is 2.07. The van der Waals surface area contributed by atoms with Gasteiger partial charge >= 0.3 is 0 Å². The minimum Gasteiger partial charge on any atom is -0.266 e. The molecule has 0 N–H and O–H groups in total. The summed E-state index contributed by atoms with van der Waals surface area (Å²) in [6.45, 7) is 0. The Morgan fingerprint density at radius 1 is 1.50 bits per heavy atom. The van der Waals surface area contributed by atoms with Crippen LogP contribution >= 0.6 is 11.3 Å². The molecular weight excluding hydrogens is 222 g/mol. The standard InChI is InChI=1S/C11H11N3OS/c15-10-9(6-8-4-2-1-3-5-8)16-11-12-7-13-14(10)11/h1-2,6-8H,3-5H2. The summed E-state index contributed by atoms with van der Waals surface area (Å²) in [6.07, 6.45) is 11.2. The van der Waals surface area contributed by atoms with E-state index in [4.69, 9.17) is 0 Å². The molecule has 0 amide bonds. The Hall–Kier alpha value is -1.49. The van der Waals surface area contributed by atoms with E-state index in [9.17, 15) is 4.79 Å². The second-order valence-electron chi connectivity index (χ2n) is 3.94. The van der Waals surface area contributed by atoms with Crippen molar-refractivity contribution in [1.29, 1.82) is 0 Å². The van der Waals surface area contributed by atoms with Crippen LogP contribution in [0.2, 0.25) is 0 Å². The van der Waals surface area contributed by atoms with Crippen LogP contribution in [0.1, 0.15) is 19.3 Å². The van der Waals surface area contributed by atoms with Gasteiger partial charge in [0.25, 0.3) is 5.56 Å². The Labute approximate surface area is 95.9 Å². The normalized spacial score (nSPS) is 22.0. The first-order valence-corrected chi connectivity index (χ1v) is 6.15. The van der Waals surface area contributed by atoms with Crippen molar-refractivity contribution in [3.05, 3.63) is 33.4 Å². The van der Waals surface area contributed by atoms with Gasteiger partial charge in [0.15, 0.2) is 0 Å². The highest BCUT2D eigenvalue weighted by molar-refractivity contribution is 7.14. The molecule has 0 fully saturated rings. The first-order chi connectivity index (χ1) is 7.84. The summed E-state index contributed by atoms with van der Waals surface area (Å²) in [5, 5.41) is 3.90. The lowest BCUT2D eigenvalue weighted by molar-refractivity contribution is 0.612. The first-order valence-electron chi connectivity index (χ1n) is 5.34. The van der Waals surface area contributed by atoms with Gasteiger partial charge in [-0.3, -0.25) is 4.79 Å². The van der Waals surface area contributed by atoms with Crippen molar-refractivity contribution in [3.63, 3.8) is 0 Å². The van der Waals surface area contributed by atoms with Crippen LogP contribution in [0, 0.1) is 5.92 Å². The second-order valence-corrected chi connectivity index (χ2v) is 4.95. The first kappa shape index (κ1) is 9.72. The van der Waals surface area contributed by atoms with Crippen LogP contribution in [0.25, 0.3) is 11.0 Å². The van der Waals surface area contributed by atoms with Gasteiger partial charge in [0.05, 0.1) is 4.53 Å². The molecule has 1 aliphatic rings. The topological polar surface area (TPSA) is 47.3 Å². The van der Waals surface area contributed by atoms with Gasteiger partial charge < -0.3 is 0 Å². The highest BCUT2D eigenvalue weighted by Gasteiger charge is 2.10. The van der Waals surface area contributed by atoms with Crippen LogP contribution in [0.3, 0.4) is 0 Å². The number of hydrogen-bond acceptors (Lipinski definition) is 4. The van der Waals surface area contributed by atoms with E-state index < -0.39 is 0 Å². The number of fused-ring (bicyclic) bond motifs is 1. The summed E-state index contributed by atoms with van der Waals surface area (Å²) >= 11 is 1.42. The van der Waals surface area contributed by atoms with Gasteiger partial charge in [0.1, 0.15) is 6.33 Å². The van der Waals surface area contributed by atoms with Gasteiger partial charge in [0.2, 0.25) is 4.96 Å². The number of thiazole rings is 1. The van der Waals surface area contributed by atoms with Crippen molar-refractivity contribution in [3.8, 4) is 0 Å². The molecule has 0 radical (unpaired) electrons. The third-order valence-electron chi connectivity index (χ3n) is 2.82. The van der Waals surface area contributed by atoms with Crippen LogP contribution in [-0.4, -0.2) is 14.6 Å². The fourth-order valence-electron chi connectivity index (χ4n) is 1.97. The fourth-order valence-corrected chi connectivity index (χ4v) is 2.92. The molecule has 82 valence electrons.